The summed E-state index contributed by atoms with van der Waals surface area (Å²) in [7, 11) is 0. The molecular formula is C23H23Cl2N5O2. The van der Waals surface area contributed by atoms with E-state index in [9.17, 15) is 4.79 Å². The van der Waals surface area contributed by atoms with Gasteiger partial charge in [0.1, 0.15) is 6.61 Å². The Labute approximate surface area is 196 Å². The summed E-state index contributed by atoms with van der Waals surface area (Å²) in [6.07, 6.45) is 9.38. The Morgan fingerprint density at radius 2 is 1.88 bits per heavy atom. The van der Waals surface area contributed by atoms with E-state index in [0.29, 0.717) is 45.9 Å². The summed E-state index contributed by atoms with van der Waals surface area (Å²) in [5, 5.41) is 1.00. The van der Waals surface area contributed by atoms with Crippen molar-refractivity contribution in [1.82, 2.24) is 19.9 Å². The van der Waals surface area contributed by atoms with Gasteiger partial charge in [0, 0.05) is 53.5 Å². The number of benzene rings is 1. The number of carbonyl (C=O) groups excluding carboxylic acids is 1. The third-order valence-corrected chi connectivity index (χ3v) is 6.29. The van der Waals surface area contributed by atoms with Gasteiger partial charge in [-0.2, -0.15) is 0 Å². The van der Waals surface area contributed by atoms with Gasteiger partial charge in [0.15, 0.2) is 11.6 Å². The summed E-state index contributed by atoms with van der Waals surface area (Å²) in [6, 6.07) is 6.87. The van der Waals surface area contributed by atoms with Crippen LogP contribution in [0.2, 0.25) is 10.0 Å². The molecule has 1 aromatic carbocycles. The molecule has 9 heteroatoms. The first-order valence-electron chi connectivity index (χ1n) is 10.4. The van der Waals surface area contributed by atoms with Gasteiger partial charge < -0.3 is 15.4 Å². The quantitative estimate of drug-likeness (QED) is 0.570. The van der Waals surface area contributed by atoms with E-state index in [1.807, 2.05) is 4.90 Å². The molecule has 7 nitrogen and oxygen atoms in total. The fourth-order valence-corrected chi connectivity index (χ4v) is 4.27. The number of anilines is 1. The number of rotatable bonds is 6. The van der Waals surface area contributed by atoms with Gasteiger partial charge in [0.25, 0.3) is 5.91 Å². The number of halogens is 2. The average Bonchev–Trinajstić information content (AvgIpc) is 2.80. The largest absolute Gasteiger partial charge is 0.485 e. The Bertz CT molecular complexity index is 1070. The van der Waals surface area contributed by atoms with E-state index in [1.54, 1.807) is 42.9 Å². The van der Waals surface area contributed by atoms with Gasteiger partial charge in [0.05, 0.1) is 11.3 Å². The second-order valence-electron chi connectivity index (χ2n) is 7.73. The number of nitrogen functional groups attached to an aromatic ring is 1. The Morgan fingerprint density at radius 1 is 1.12 bits per heavy atom. The average molecular weight is 472 g/mol. The molecule has 1 amide bonds. The van der Waals surface area contributed by atoms with Gasteiger partial charge in [-0.15, -0.1) is 0 Å². The van der Waals surface area contributed by atoms with E-state index in [1.165, 1.54) is 6.20 Å². The lowest BCUT2D eigenvalue weighted by atomic mass is 9.92. The minimum absolute atomic E-state index is 0.0870. The molecule has 4 rings (SSSR count). The van der Waals surface area contributed by atoms with Crippen molar-refractivity contribution in [1.29, 1.82) is 0 Å². The monoisotopic (exact) mass is 471 g/mol. The van der Waals surface area contributed by atoms with Crippen LogP contribution in [-0.2, 0) is 13.0 Å². The van der Waals surface area contributed by atoms with Crippen LogP contribution in [0, 0.1) is 5.92 Å². The van der Waals surface area contributed by atoms with Crippen LogP contribution >= 0.6 is 23.2 Å². The number of carbonyl (C=O) groups is 1. The second kappa shape index (κ2) is 10.1. The molecule has 0 aliphatic carbocycles. The second-order valence-corrected chi connectivity index (χ2v) is 8.55. The van der Waals surface area contributed by atoms with Crippen molar-refractivity contribution in [3.63, 3.8) is 0 Å². The van der Waals surface area contributed by atoms with Crippen LogP contribution in [0.15, 0.2) is 49.1 Å². The van der Waals surface area contributed by atoms with E-state index in [-0.39, 0.29) is 18.3 Å². The maximum absolute atomic E-state index is 13.0. The van der Waals surface area contributed by atoms with Crippen molar-refractivity contribution < 1.29 is 9.53 Å². The maximum atomic E-state index is 13.0. The Hall–Kier alpha value is -2.90. The summed E-state index contributed by atoms with van der Waals surface area (Å²) in [5.74, 6) is 0.924. The molecule has 0 radical (unpaired) electrons. The highest BCUT2D eigenvalue weighted by Crippen LogP contribution is 2.28. The molecule has 2 N–H and O–H groups in total. The van der Waals surface area contributed by atoms with E-state index < -0.39 is 0 Å². The first-order chi connectivity index (χ1) is 15.5. The van der Waals surface area contributed by atoms with E-state index >= 15 is 0 Å². The lowest BCUT2D eigenvalue weighted by Gasteiger charge is -2.32. The Balaban J connectivity index is 1.38. The van der Waals surface area contributed by atoms with Gasteiger partial charge in [-0.1, -0.05) is 29.3 Å². The molecule has 0 spiro atoms. The minimum atomic E-state index is -0.0870. The number of amides is 1. The maximum Gasteiger partial charge on any atom is 0.255 e. The Kier molecular flexibility index (Phi) is 7.07. The zero-order valence-corrected chi connectivity index (χ0v) is 18.9. The number of hydrogen-bond donors (Lipinski definition) is 1. The van der Waals surface area contributed by atoms with E-state index in [0.717, 1.165) is 25.0 Å². The van der Waals surface area contributed by atoms with Crippen LogP contribution in [0.5, 0.6) is 5.75 Å². The van der Waals surface area contributed by atoms with Crippen molar-refractivity contribution in [2.45, 2.75) is 25.9 Å². The molecule has 32 heavy (non-hydrogen) atoms. The number of nitrogens with two attached hydrogens (primary N) is 1. The minimum Gasteiger partial charge on any atom is -0.485 e. The lowest BCUT2D eigenvalue weighted by molar-refractivity contribution is 0.0689. The molecule has 166 valence electrons. The topological polar surface area (TPSA) is 94.2 Å². The highest BCUT2D eigenvalue weighted by atomic mass is 35.5. The SMILES string of the molecule is Nc1ncc(C(=O)N2CCC(Cc3cnccn3)CC2)cc1OCc1c(Cl)cccc1Cl. The molecule has 1 aliphatic rings. The zero-order valence-electron chi connectivity index (χ0n) is 17.4. The van der Waals surface area contributed by atoms with Crippen LogP contribution in [0.25, 0.3) is 0 Å². The van der Waals surface area contributed by atoms with Gasteiger partial charge in [-0.05, 0) is 43.4 Å². The smallest absolute Gasteiger partial charge is 0.255 e. The molecule has 0 bridgehead atoms. The van der Waals surface area contributed by atoms with Crippen LogP contribution in [0.4, 0.5) is 5.82 Å². The van der Waals surface area contributed by atoms with E-state index in [2.05, 4.69) is 15.0 Å². The number of hydrogen-bond acceptors (Lipinski definition) is 6. The molecule has 0 unspecified atom stereocenters. The molecule has 0 atom stereocenters. The summed E-state index contributed by atoms with van der Waals surface area (Å²) >= 11 is 12.4. The fourth-order valence-electron chi connectivity index (χ4n) is 3.76. The number of aromatic nitrogens is 3. The number of ether oxygens (including phenoxy) is 1. The summed E-state index contributed by atoms with van der Waals surface area (Å²) in [5.41, 5.74) is 8.04. The van der Waals surface area contributed by atoms with Crippen molar-refractivity contribution in [3.8, 4) is 5.75 Å². The van der Waals surface area contributed by atoms with Crippen molar-refractivity contribution >= 4 is 34.9 Å². The van der Waals surface area contributed by atoms with Gasteiger partial charge in [-0.25, -0.2) is 4.98 Å². The summed E-state index contributed by atoms with van der Waals surface area (Å²) in [4.78, 5) is 27.5. The number of pyridine rings is 1. The van der Waals surface area contributed by atoms with Gasteiger partial charge in [-0.3, -0.25) is 14.8 Å². The van der Waals surface area contributed by atoms with Crippen LogP contribution in [0.3, 0.4) is 0 Å². The van der Waals surface area contributed by atoms with Crippen LogP contribution in [-0.4, -0.2) is 38.8 Å². The Morgan fingerprint density at radius 3 is 2.56 bits per heavy atom. The first kappa shape index (κ1) is 22.3. The van der Waals surface area contributed by atoms with Gasteiger partial charge >= 0.3 is 0 Å². The van der Waals surface area contributed by atoms with Crippen molar-refractivity contribution in [2.24, 2.45) is 5.92 Å². The molecule has 3 heterocycles. The highest BCUT2D eigenvalue weighted by Gasteiger charge is 2.25. The zero-order chi connectivity index (χ0) is 22.5. The molecular weight excluding hydrogens is 449 g/mol. The van der Waals surface area contributed by atoms with Crippen LogP contribution < -0.4 is 10.5 Å². The van der Waals surface area contributed by atoms with E-state index in [4.69, 9.17) is 33.7 Å². The molecule has 0 saturated carbocycles. The number of nitrogens with zero attached hydrogens (tertiary/aromatic N) is 4. The summed E-state index contributed by atoms with van der Waals surface area (Å²) in [6.45, 7) is 1.48. The third-order valence-electron chi connectivity index (χ3n) is 5.58. The van der Waals surface area contributed by atoms with Crippen molar-refractivity contribution in [2.75, 3.05) is 18.8 Å². The molecule has 3 aromatic rings. The third kappa shape index (κ3) is 5.29. The predicted octanol–water partition coefficient (Wildman–Crippen LogP) is 4.43. The fraction of sp³-hybridized carbons (Fsp3) is 0.304. The first-order valence-corrected chi connectivity index (χ1v) is 11.1. The number of piperidine rings is 1. The van der Waals surface area contributed by atoms with Crippen LogP contribution in [0.1, 0.15) is 34.5 Å². The highest BCUT2D eigenvalue weighted by molar-refractivity contribution is 6.35. The normalized spacial score (nSPS) is 14.4. The predicted molar refractivity (Wildman–Crippen MR) is 124 cm³/mol. The summed E-state index contributed by atoms with van der Waals surface area (Å²) < 4.78 is 5.81. The molecule has 1 saturated heterocycles. The van der Waals surface area contributed by atoms with Crippen molar-refractivity contribution in [3.05, 3.63) is 75.9 Å². The van der Waals surface area contributed by atoms with Gasteiger partial charge in [0.2, 0.25) is 0 Å². The molecule has 2 aromatic heterocycles. The standard InChI is InChI=1S/C23H23Cl2N5O2/c24-19-2-1-3-20(25)18(19)14-32-21-11-16(12-29-22(21)26)23(31)30-8-4-15(5-9-30)10-17-13-27-6-7-28-17/h1-3,6-7,11-13,15H,4-5,8-10,14H2,(H2,26,29). The number of likely N-dealkylation sites (tertiary alicyclic amines) is 1. The molecule has 1 aliphatic heterocycles. The lowest BCUT2D eigenvalue weighted by Crippen LogP contribution is -2.39. The molecule has 1 fully saturated rings.